The predicted molar refractivity (Wildman–Crippen MR) is 147 cm³/mol. The van der Waals surface area contributed by atoms with Crippen LogP contribution in [0, 0.1) is 0 Å². The van der Waals surface area contributed by atoms with Crippen LogP contribution in [0.1, 0.15) is 59.1 Å². The van der Waals surface area contributed by atoms with Crippen molar-refractivity contribution in [1.29, 1.82) is 0 Å². The van der Waals surface area contributed by atoms with Gasteiger partial charge < -0.3 is 20.1 Å². The molecule has 0 aliphatic heterocycles. The zero-order valence-electron chi connectivity index (χ0n) is 21.4. The van der Waals surface area contributed by atoms with Crippen molar-refractivity contribution in [2.45, 2.75) is 58.8 Å². The number of benzene rings is 2. The van der Waals surface area contributed by atoms with Crippen LogP contribution in [0.15, 0.2) is 45.3 Å². The van der Waals surface area contributed by atoms with Gasteiger partial charge in [-0.3, -0.25) is 9.59 Å². The Morgan fingerprint density at radius 2 is 1.09 bits per heavy atom. The quantitative estimate of drug-likeness (QED) is 0.329. The minimum atomic E-state index is -0.201. The molecular formula is C27H36Br2N2O4. The largest absolute Gasteiger partial charge is 0.483 e. The summed E-state index contributed by atoms with van der Waals surface area (Å²) in [6.07, 6.45) is 0.606. The van der Waals surface area contributed by atoms with E-state index in [1.165, 1.54) is 0 Å². The summed E-state index contributed by atoms with van der Waals surface area (Å²) < 4.78 is 13.5. The van der Waals surface area contributed by atoms with Crippen molar-refractivity contribution in [3.63, 3.8) is 0 Å². The van der Waals surface area contributed by atoms with E-state index in [4.69, 9.17) is 9.47 Å². The molecule has 0 unspecified atom stereocenters. The fraction of sp³-hybridized carbons (Fsp3) is 0.481. The van der Waals surface area contributed by atoms with Crippen molar-refractivity contribution in [3.8, 4) is 11.5 Å². The van der Waals surface area contributed by atoms with Crippen LogP contribution in [0.5, 0.6) is 11.5 Å². The van der Waals surface area contributed by atoms with E-state index >= 15 is 0 Å². The molecule has 35 heavy (non-hydrogen) atoms. The van der Waals surface area contributed by atoms with Crippen LogP contribution in [0.3, 0.4) is 0 Å². The third kappa shape index (κ3) is 9.84. The average molecular weight is 612 g/mol. The third-order valence-corrected chi connectivity index (χ3v) is 6.20. The molecule has 2 N–H and O–H groups in total. The van der Waals surface area contributed by atoms with Gasteiger partial charge in [0.25, 0.3) is 11.8 Å². The molecule has 0 spiro atoms. The summed E-state index contributed by atoms with van der Waals surface area (Å²) in [5.74, 6) is 0.992. The van der Waals surface area contributed by atoms with E-state index in [-0.39, 0.29) is 35.9 Å². The lowest BCUT2D eigenvalue weighted by Crippen LogP contribution is -2.34. The van der Waals surface area contributed by atoms with Crippen LogP contribution in [-0.2, 0) is 20.4 Å². The lowest BCUT2D eigenvalue weighted by atomic mass is 9.86. The average Bonchev–Trinajstić information content (AvgIpc) is 2.75. The molecule has 0 atom stereocenters. The van der Waals surface area contributed by atoms with Crippen LogP contribution in [-0.4, -0.2) is 38.1 Å². The number of nitrogens with one attached hydrogen (secondary N) is 2. The van der Waals surface area contributed by atoms with Gasteiger partial charge >= 0.3 is 0 Å². The van der Waals surface area contributed by atoms with E-state index in [1.807, 2.05) is 36.4 Å². The summed E-state index contributed by atoms with van der Waals surface area (Å²) in [5.41, 5.74) is 1.84. The highest BCUT2D eigenvalue weighted by molar-refractivity contribution is 9.10. The van der Waals surface area contributed by atoms with Crippen LogP contribution in [0.4, 0.5) is 0 Å². The van der Waals surface area contributed by atoms with Gasteiger partial charge in [-0.25, -0.2) is 0 Å². The zero-order valence-corrected chi connectivity index (χ0v) is 24.6. The Bertz CT molecular complexity index is 945. The van der Waals surface area contributed by atoms with Gasteiger partial charge in [0.15, 0.2) is 13.2 Å². The van der Waals surface area contributed by atoms with E-state index in [9.17, 15) is 9.59 Å². The number of hydrogen-bond donors (Lipinski definition) is 2. The first-order valence-electron chi connectivity index (χ1n) is 11.7. The van der Waals surface area contributed by atoms with Gasteiger partial charge in [-0.05, 0) is 53.6 Å². The van der Waals surface area contributed by atoms with Gasteiger partial charge in [-0.15, -0.1) is 0 Å². The summed E-state index contributed by atoms with van der Waals surface area (Å²) >= 11 is 6.98. The predicted octanol–water partition coefficient (Wildman–Crippen LogP) is 5.89. The number of halogens is 2. The highest BCUT2D eigenvalue weighted by Crippen LogP contribution is 2.34. The van der Waals surface area contributed by atoms with E-state index in [2.05, 4.69) is 84.0 Å². The van der Waals surface area contributed by atoms with Crippen molar-refractivity contribution >= 4 is 43.7 Å². The molecule has 0 fully saturated rings. The maximum absolute atomic E-state index is 12.2. The second-order valence-electron chi connectivity index (χ2n) is 10.4. The number of carbonyl (C=O) groups is 2. The highest BCUT2D eigenvalue weighted by atomic mass is 79.9. The number of rotatable bonds is 10. The standard InChI is InChI=1S/C27H36Br2N2O4/c1-26(2,3)20-14-18(28)8-10-22(20)34-16-24(32)30-12-7-13-31-25(33)17-35-23-11-9-19(29)15-21(23)27(4,5)6/h8-11,14-15H,7,12-13,16-17H2,1-6H3,(H,30,32)(H,31,33). The number of hydrogen-bond acceptors (Lipinski definition) is 4. The maximum atomic E-state index is 12.2. The molecule has 2 amide bonds. The molecule has 6 nitrogen and oxygen atoms in total. The summed E-state index contributed by atoms with van der Waals surface area (Å²) in [6, 6.07) is 11.6. The molecule has 0 aromatic heterocycles. The van der Waals surface area contributed by atoms with Crippen molar-refractivity contribution in [2.75, 3.05) is 26.3 Å². The van der Waals surface area contributed by atoms with Gasteiger partial charge in [-0.1, -0.05) is 73.4 Å². The first-order valence-corrected chi connectivity index (χ1v) is 13.2. The van der Waals surface area contributed by atoms with Crippen molar-refractivity contribution in [1.82, 2.24) is 10.6 Å². The van der Waals surface area contributed by atoms with E-state index < -0.39 is 0 Å². The molecular weight excluding hydrogens is 576 g/mol. The van der Waals surface area contributed by atoms with Gasteiger partial charge in [0, 0.05) is 33.2 Å². The Morgan fingerprint density at radius 3 is 1.43 bits per heavy atom. The zero-order chi connectivity index (χ0) is 26.2. The molecule has 0 aliphatic carbocycles. The van der Waals surface area contributed by atoms with Crippen LogP contribution >= 0.6 is 31.9 Å². The van der Waals surface area contributed by atoms with Crippen LogP contribution in [0.25, 0.3) is 0 Å². The molecule has 0 saturated heterocycles. The Morgan fingerprint density at radius 1 is 0.714 bits per heavy atom. The Labute approximate surface area is 225 Å². The molecule has 8 heteroatoms. The first kappa shape index (κ1) is 29.2. The SMILES string of the molecule is CC(C)(C)c1cc(Br)ccc1OCC(=O)NCCCNC(=O)COc1ccc(Br)cc1C(C)(C)C. The topological polar surface area (TPSA) is 76.7 Å². The molecule has 0 radical (unpaired) electrons. The summed E-state index contributed by atoms with van der Waals surface area (Å²) in [4.78, 5) is 24.4. The Kier molecular flexibility index (Phi) is 10.6. The number of amides is 2. The van der Waals surface area contributed by atoms with Crippen LogP contribution in [0.2, 0.25) is 0 Å². The van der Waals surface area contributed by atoms with Gasteiger partial charge in [0.1, 0.15) is 11.5 Å². The minimum absolute atomic E-state index is 0.0613. The Balaban J connectivity index is 1.69. The third-order valence-electron chi connectivity index (χ3n) is 5.21. The lowest BCUT2D eigenvalue weighted by Gasteiger charge is -2.23. The first-order chi connectivity index (χ1) is 16.3. The smallest absolute Gasteiger partial charge is 0.257 e. The van der Waals surface area contributed by atoms with Crippen LogP contribution < -0.4 is 20.1 Å². The normalized spacial score (nSPS) is 11.7. The molecule has 2 aromatic rings. The van der Waals surface area contributed by atoms with E-state index in [1.54, 1.807) is 0 Å². The highest BCUT2D eigenvalue weighted by Gasteiger charge is 2.21. The molecule has 0 aliphatic rings. The fourth-order valence-corrected chi connectivity index (χ4v) is 4.08. The minimum Gasteiger partial charge on any atom is -0.483 e. The van der Waals surface area contributed by atoms with E-state index in [0.29, 0.717) is 31.0 Å². The number of carbonyl (C=O) groups excluding carboxylic acids is 2. The summed E-state index contributed by atoms with van der Waals surface area (Å²) in [6.45, 7) is 13.4. The van der Waals surface area contributed by atoms with Gasteiger partial charge in [-0.2, -0.15) is 0 Å². The monoisotopic (exact) mass is 610 g/mol. The molecule has 2 rings (SSSR count). The maximum Gasteiger partial charge on any atom is 0.257 e. The fourth-order valence-electron chi connectivity index (χ4n) is 3.36. The molecule has 0 bridgehead atoms. The molecule has 0 saturated carbocycles. The van der Waals surface area contributed by atoms with Gasteiger partial charge in [0.2, 0.25) is 0 Å². The second-order valence-corrected chi connectivity index (χ2v) is 12.2. The second kappa shape index (κ2) is 12.8. The van der Waals surface area contributed by atoms with E-state index in [0.717, 1.165) is 20.1 Å². The lowest BCUT2D eigenvalue weighted by molar-refractivity contribution is -0.123. The molecule has 0 heterocycles. The summed E-state index contributed by atoms with van der Waals surface area (Å²) in [5, 5.41) is 5.65. The molecule has 2 aromatic carbocycles. The number of ether oxygens (including phenoxy) is 2. The molecule has 192 valence electrons. The van der Waals surface area contributed by atoms with Gasteiger partial charge in [0.05, 0.1) is 0 Å². The summed E-state index contributed by atoms with van der Waals surface area (Å²) in [7, 11) is 0. The Hall–Kier alpha value is -2.06. The van der Waals surface area contributed by atoms with Crippen molar-refractivity contribution in [3.05, 3.63) is 56.5 Å². The van der Waals surface area contributed by atoms with Crippen molar-refractivity contribution < 1.29 is 19.1 Å². The van der Waals surface area contributed by atoms with Crippen molar-refractivity contribution in [2.24, 2.45) is 0 Å².